The highest BCUT2D eigenvalue weighted by atomic mass is 19.3. The van der Waals surface area contributed by atoms with Crippen LogP contribution < -0.4 is 9.64 Å². The smallest absolute Gasteiger partial charge is 0.319 e. The van der Waals surface area contributed by atoms with Gasteiger partial charge in [-0.2, -0.15) is 15.1 Å². The van der Waals surface area contributed by atoms with Crippen LogP contribution in [-0.4, -0.2) is 80.2 Å². The van der Waals surface area contributed by atoms with Gasteiger partial charge in [0, 0.05) is 68.5 Å². The maximum atomic E-state index is 17.3. The maximum Gasteiger partial charge on any atom is 0.319 e. The lowest BCUT2D eigenvalue weighted by molar-refractivity contribution is -0.0221. The molecule has 0 amide bonds. The van der Waals surface area contributed by atoms with Crippen LogP contribution in [0.2, 0.25) is 0 Å². The van der Waals surface area contributed by atoms with E-state index in [1.54, 1.807) is 18.1 Å². The Labute approximate surface area is 272 Å². The number of fused-ring (bicyclic) bond motifs is 5. The van der Waals surface area contributed by atoms with E-state index in [0.717, 1.165) is 19.4 Å². The molecular formula is C35H31F5N6O2. The second-order valence-electron chi connectivity index (χ2n) is 13.2. The standard InChI is InChI=1S/C35H31F5N6O2/c1-3-22-25(37)6-5-19-13-21(47)14-23(26(19)22)27-29(38)31-28(24-17-44(2)43-30(24)27)32(45-11-8-35(39,40)9-12-45)42-33(41-31)48-18-34-7-4-10-46(34)16-20(36)15-34/h1,5-6,13-14,17,20,47H,4,7-12,15-16,18H2,2H3/t20-,34+/m1/s1. The maximum absolute atomic E-state index is 17.3. The molecule has 0 bridgehead atoms. The van der Waals surface area contributed by atoms with Gasteiger partial charge in [0.15, 0.2) is 5.82 Å². The number of aryl methyl sites for hydroxylation is 1. The molecule has 0 radical (unpaired) electrons. The number of hydrogen-bond acceptors (Lipinski definition) is 7. The number of anilines is 1. The fraction of sp³-hybridized carbons (Fsp3) is 0.400. The van der Waals surface area contributed by atoms with Crippen LogP contribution in [0.15, 0.2) is 30.5 Å². The third kappa shape index (κ3) is 4.79. The zero-order valence-corrected chi connectivity index (χ0v) is 26.0. The van der Waals surface area contributed by atoms with Crippen LogP contribution in [0.3, 0.4) is 0 Å². The predicted octanol–water partition coefficient (Wildman–Crippen LogP) is 6.49. The number of aromatic nitrogens is 4. The molecule has 3 fully saturated rings. The molecule has 0 saturated carbocycles. The van der Waals surface area contributed by atoms with Gasteiger partial charge in [-0.15, -0.1) is 6.42 Å². The van der Waals surface area contributed by atoms with Gasteiger partial charge >= 0.3 is 6.01 Å². The molecule has 0 unspecified atom stereocenters. The Bertz CT molecular complexity index is 2170. The van der Waals surface area contributed by atoms with E-state index >= 15 is 8.78 Å². The number of nitrogens with zero attached hydrogens (tertiary/aromatic N) is 6. The molecule has 248 valence electrons. The summed E-state index contributed by atoms with van der Waals surface area (Å²) in [7, 11) is 1.65. The Morgan fingerprint density at radius 1 is 1.06 bits per heavy atom. The average Bonchev–Trinajstić information content (AvgIpc) is 3.71. The lowest BCUT2D eigenvalue weighted by Gasteiger charge is -2.34. The minimum atomic E-state index is -2.85. The van der Waals surface area contributed by atoms with E-state index in [9.17, 15) is 18.3 Å². The number of piperidine rings is 1. The minimum Gasteiger partial charge on any atom is -0.508 e. The van der Waals surface area contributed by atoms with E-state index < -0.39 is 42.1 Å². The molecule has 2 aromatic heterocycles. The van der Waals surface area contributed by atoms with E-state index in [2.05, 4.69) is 25.9 Å². The van der Waals surface area contributed by atoms with Crippen LogP contribution >= 0.6 is 0 Å². The van der Waals surface area contributed by atoms with Gasteiger partial charge < -0.3 is 14.7 Å². The van der Waals surface area contributed by atoms with Crippen molar-refractivity contribution >= 4 is 38.4 Å². The summed E-state index contributed by atoms with van der Waals surface area (Å²) in [5.41, 5.74) is -0.662. The molecule has 48 heavy (non-hydrogen) atoms. The van der Waals surface area contributed by atoms with Gasteiger partial charge in [-0.25, -0.2) is 22.0 Å². The lowest BCUT2D eigenvalue weighted by Crippen LogP contribution is -2.43. The second kappa shape index (κ2) is 10.9. The van der Waals surface area contributed by atoms with Crippen molar-refractivity contribution < 1.29 is 31.8 Å². The number of halogens is 5. The first kappa shape index (κ1) is 30.6. The molecule has 3 aliphatic heterocycles. The molecule has 5 aromatic rings. The van der Waals surface area contributed by atoms with Crippen LogP contribution in [0.4, 0.5) is 27.8 Å². The number of phenols is 1. The zero-order valence-electron chi connectivity index (χ0n) is 26.0. The van der Waals surface area contributed by atoms with Gasteiger partial charge in [0.1, 0.15) is 41.2 Å². The van der Waals surface area contributed by atoms with E-state index in [1.807, 2.05) is 0 Å². The highest BCUT2D eigenvalue weighted by molar-refractivity contribution is 6.18. The van der Waals surface area contributed by atoms with Gasteiger partial charge in [0.25, 0.3) is 5.92 Å². The molecule has 0 aliphatic carbocycles. The van der Waals surface area contributed by atoms with E-state index in [-0.39, 0.29) is 75.8 Å². The Hall–Kier alpha value is -4.70. The summed E-state index contributed by atoms with van der Waals surface area (Å²) in [6, 6.07) is 5.15. The minimum absolute atomic E-state index is 0.0487. The van der Waals surface area contributed by atoms with E-state index in [1.165, 1.54) is 28.9 Å². The monoisotopic (exact) mass is 662 g/mol. The topological polar surface area (TPSA) is 79.5 Å². The summed E-state index contributed by atoms with van der Waals surface area (Å²) >= 11 is 0. The van der Waals surface area contributed by atoms with Crippen molar-refractivity contribution in [3.05, 3.63) is 47.7 Å². The SMILES string of the molecule is C#Cc1c(F)ccc2cc(O)cc(-c3c(F)c4nc(OC[C@@]56CCCN5C[C@H](F)C6)nc(N5CCC(F)(F)CC5)c4c4cn(C)nc34)c12. The molecule has 8 rings (SSSR count). The van der Waals surface area contributed by atoms with Crippen molar-refractivity contribution in [2.45, 2.75) is 49.7 Å². The van der Waals surface area contributed by atoms with Crippen molar-refractivity contribution in [1.82, 2.24) is 24.6 Å². The highest BCUT2D eigenvalue weighted by Crippen LogP contribution is 2.46. The number of alkyl halides is 3. The van der Waals surface area contributed by atoms with E-state index in [0.29, 0.717) is 23.7 Å². The van der Waals surface area contributed by atoms with Crippen molar-refractivity contribution in [2.75, 3.05) is 37.7 Å². The molecule has 13 heteroatoms. The molecule has 1 N–H and O–H groups in total. The summed E-state index contributed by atoms with van der Waals surface area (Å²) in [5.74, 6) is -2.05. The highest BCUT2D eigenvalue weighted by Gasteiger charge is 2.49. The second-order valence-corrected chi connectivity index (χ2v) is 13.2. The Kier molecular flexibility index (Phi) is 6.96. The molecule has 5 heterocycles. The third-order valence-corrected chi connectivity index (χ3v) is 10.1. The van der Waals surface area contributed by atoms with Gasteiger partial charge in [-0.1, -0.05) is 12.0 Å². The fourth-order valence-electron chi connectivity index (χ4n) is 7.91. The predicted molar refractivity (Wildman–Crippen MR) is 171 cm³/mol. The zero-order chi connectivity index (χ0) is 33.5. The Balaban J connectivity index is 1.38. The summed E-state index contributed by atoms with van der Waals surface area (Å²) in [6.45, 7) is 1.02. The Morgan fingerprint density at radius 3 is 2.62 bits per heavy atom. The largest absolute Gasteiger partial charge is 0.508 e. The first-order valence-electron chi connectivity index (χ1n) is 15.9. The molecule has 2 atom stereocenters. The first-order valence-corrected chi connectivity index (χ1v) is 15.9. The number of benzene rings is 3. The molecular weight excluding hydrogens is 631 g/mol. The molecule has 8 nitrogen and oxygen atoms in total. The first-order chi connectivity index (χ1) is 23.0. The summed E-state index contributed by atoms with van der Waals surface area (Å²) in [4.78, 5) is 13.0. The fourth-order valence-corrected chi connectivity index (χ4v) is 7.91. The number of aromatic hydroxyl groups is 1. The summed E-state index contributed by atoms with van der Waals surface area (Å²) in [5, 5.41) is 16.5. The quantitative estimate of drug-likeness (QED) is 0.170. The summed E-state index contributed by atoms with van der Waals surface area (Å²) in [6.07, 6.45) is 7.45. The number of terminal acetylenes is 1. The number of phenolic OH excluding ortho intramolecular Hbond substituents is 1. The number of rotatable bonds is 5. The van der Waals surface area contributed by atoms with Gasteiger partial charge in [0.2, 0.25) is 0 Å². The number of hydrogen-bond donors (Lipinski definition) is 1. The molecule has 0 spiro atoms. The normalized spacial score (nSPS) is 22.5. The molecule has 3 aromatic carbocycles. The van der Waals surface area contributed by atoms with Crippen LogP contribution in [0.1, 0.15) is 37.7 Å². The van der Waals surface area contributed by atoms with Crippen LogP contribution in [0.25, 0.3) is 43.7 Å². The summed E-state index contributed by atoms with van der Waals surface area (Å²) < 4.78 is 83.1. The average molecular weight is 663 g/mol. The van der Waals surface area contributed by atoms with Crippen molar-refractivity contribution in [3.8, 4) is 35.2 Å². The van der Waals surface area contributed by atoms with Crippen molar-refractivity contribution in [3.63, 3.8) is 0 Å². The van der Waals surface area contributed by atoms with E-state index in [4.69, 9.17) is 11.2 Å². The van der Waals surface area contributed by atoms with Gasteiger partial charge in [0.05, 0.1) is 16.5 Å². The van der Waals surface area contributed by atoms with Crippen molar-refractivity contribution in [1.29, 1.82) is 0 Å². The molecule has 3 aliphatic rings. The van der Waals surface area contributed by atoms with Crippen LogP contribution in [0, 0.1) is 24.0 Å². The van der Waals surface area contributed by atoms with Gasteiger partial charge in [-0.05, 0) is 48.5 Å². The lowest BCUT2D eigenvalue weighted by atomic mass is 9.91. The van der Waals surface area contributed by atoms with Crippen LogP contribution in [-0.2, 0) is 7.05 Å². The third-order valence-electron chi connectivity index (χ3n) is 10.1. The van der Waals surface area contributed by atoms with Crippen LogP contribution in [0.5, 0.6) is 11.8 Å². The number of ether oxygens (including phenoxy) is 1. The van der Waals surface area contributed by atoms with Gasteiger partial charge in [-0.3, -0.25) is 9.58 Å². The van der Waals surface area contributed by atoms with Crippen molar-refractivity contribution in [2.24, 2.45) is 7.05 Å². The Morgan fingerprint density at radius 2 is 1.85 bits per heavy atom. The molecule has 3 saturated heterocycles.